The van der Waals surface area contributed by atoms with E-state index in [2.05, 4.69) is 33.4 Å². The highest BCUT2D eigenvalue weighted by Gasteiger charge is 2.18. The molecule has 6 heteroatoms. The lowest BCUT2D eigenvalue weighted by molar-refractivity contribution is 0.251. The number of rotatable bonds is 5. The maximum Gasteiger partial charge on any atom is 0.319 e. The maximum absolute atomic E-state index is 12.3. The molecule has 25 heavy (non-hydrogen) atoms. The van der Waals surface area contributed by atoms with Crippen molar-refractivity contribution in [2.75, 3.05) is 42.9 Å². The van der Waals surface area contributed by atoms with E-state index in [0.717, 1.165) is 49.7 Å². The second-order valence-corrected chi connectivity index (χ2v) is 6.43. The number of aryl methyl sites for hydroxylation is 1. The summed E-state index contributed by atoms with van der Waals surface area (Å²) in [5.74, 6) is 0. The Kier molecular flexibility index (Phi) is 5.60. The number of nitrogens with zero attached hydrogens (tertiary/aromatic N) is 3. The molecule has 0 saturated carbocycles. The zero-order valence-corrected chi connectivity index (χ0v) is 15.0. The zero-order valence-electron chi connectivity index (χ0n) is 15.0. The summed E-state index contributed by atoms with van der Waals surface area (Å²) in [7, 11) is 1.97. The molecule has 1 aromatic heterocycles. The van der Waals surface area contributed by atoms with Crippen LogP contribution in [0.15, 0.2) is 42.7 Å². The third-order valence-electron chi connectivity index (χ3n) is 4.66. The van der Waals surface area contributed by atoms with E-state index in [-0.39, 0.29) is 6.03 Å². The molecule has 2 N–H and O–H groups in total. The first-order valence-electron chi connectivity index (χ1n) is 8.87. The third kappa shape index (κ3) is 4.54. The SMILES string of the molecule is CCN1CCN(c2ccccc2NC(=O)NCc2ccn(C)c2)CC1. The van der Waals surface area contributed by atoms with Crippen molar-refractivity contribution in [2.24, 2.45) is 7.05 Å². The molecule has 1 fully saturated rings. The van der Waals surface area contributed by atoms with Gasteiger partial charge in [-0.3, -0.25) is 0 Å². The van der Waals surface area contributed by atoms with Gasteiger partial charge in [-0.05, 0) is 30.3 Å². The van der Waals surface area contributed by atoms with Crippen LogP contribution in [0.3, 0.4) is 0 Å². The van der Waals surface area contributed by atoms with Crippen LogP contribution in [-0.2, 0) is 13.6 Å². The van der Waals surface area contributed by atoms with Gasteiger partial charge in [-0.25, -0.2) is 4.79 Å². The van der Waals surface area contributed by atoms with Crippen molar-refractivity contribution in [3.05, 3.63) is 48.3 Å². The number of para-hydroxylation sites is 2. The molecule has 0 atom stereocenters. The van der Waals surface area contributed by atoms with Gasteiger partial charge in [-0.15, -0.1) is 0 Å². The van der Waals surface area contributed by atoms with Crippen LogP contribution in [0.4, 0.5) is 16.2 Å². The Morgan fingerprint density at radius 3 is 2.56 bits per heavy atom. The summed E-state index contributed by atoms with van der Waals surface area (Å²) in [6, 6.07) is 9.84. The van der Waals surface area contributed by atoms with E-state index in [4.69, 9.17) is 0 Å². The fourth-order valence-corrected chi connectivity index (χ4v) is 3.17. The number of carbonyl (C=O) groups excluding carboxylic acids is 1. The van der Waals surface area contributed by atoms with Gasteiger partial charge in [0.2, 0.25) is 0 Å². The van der Waals surface area contributed by atoms with Crippen molar-refractivity contribution in [3.8, 4) is 0 Å². The molecule has 2 aromatic rings. The van der Waals surface area contributed by atoms with Gasteiger partial charge in [-0.2, -0.15) is 0 Å². The summed E-state index contributed by atoms with van der Waals surface area (Å²) in [4.78, 5) is 17.1. The normalized spacial score (nSPS) is 15.2. The topological polar surface area (TPSA) is 52.5 Å². The second-order valence-electron chi connectivity index (χ2n) is 6.43. The summed E-state index contributed by atoms with van der Waals surface area (Å²) >= 11 is 0. The Bertz CT molecular complexity index is 703. The van der Waals surface area contributed by atoms with E-state index < -0.39 is 0 Å². The fraction of sp³-hybridized carbons (Fsp3) is 0.421. The minimum atomic E-state index is -0.177. The van der Waals surface area contributed by atoms with E-state index in [9.17, 15) is 4.79 Å². The number of piperazine rings is 1. The van der Waals surface area contributed by atoms with E-state index in [1.165, 1.54) is 0 Å². The first-order valence-corrected chi connectivity index (χ1v) is 8.87. The van der Waals surface area contributed by atoms with Crippen LogP contribution in [0, 0.1) is 0 Å². The second kappa shape index (κ2) is 8.07. The predicted octanol–water partition coefficient (Wildman–Crippen LogP) is 2.49. The number of likely N-dealkylation sites (N-methyl/N-ethyl adjacent to an activating group) is 1. The fourth-order valence-electron chi connectivity index (χ4n) is 3.17. The van der Waals surface area contributed by atoms with Crippen molar-refractivity contribution in [1.29, 1.82) is 0 Å². The van der Waals surface area contributed by atoms with Gasteiger partial charge in [0.1, 0.15) is 0 Å². The van der Waals surface area contributed by atoms with Crippen molar-refractivity contribution < 1.29 is 4.79 Å². The zero-order chi connectivity index (χ0) is 17.6. The summed E-state index contributed by atoms with van der Waals surface area (Å²) in [6.45, 7) is 7.90. The minimum absolute atomic E-state index is 0.177. The lowest BCUT2D eigenvalue weighted by Gasteiger charge is -2.36. The van der Waals surface area contributed by atoms with Gasteiger partial charge in [0.15, 0.2) is 0 Å². The first-order chi connectivity index (χ1) is 12.2. The van der Waals surface area contributed by atoms with Crippen molar-refractivity contribution in [3.63, 3.8) is 0 Å². The Labute approximate surface area is 149 Å². The molecule has 1 aliphatic heterocycles. The monoisotopic (exact) mass is 341 g/mol. The third-order valence-corrected chi connectivity index (χ3v) is 4.66. The highest BCUT2D eigenvalue weighted by Crippen LogP contribution is 2.26. The van der Waals surface area contributed by atoms with Crippen LogP contribution in [0.1, 0.15) is 12.5 Å². The van der Waals surface area contributed by atoms with Gasteiger partial charge >= 0.3 is 6.03 Å². The van der Waals surface area contributed by atoms with E-state index in [0.29, 0.717) is 6.54 Å². The van der Waals surface area contributed by atoms with Crippen LogP contribution >= 0.6 is 0 Å². The molecule has 0 aliphatic carbocycles. The van der Waals surface area contributed by atoms with Crippen molar-refractivity contribution in [1.82, 2.24) is 14.8 Å². The van der Waals surface area contributed by atoms with Crippen molar-refractivity contribution in [2.45, 2.75) is 13.5 Å². The van der Waals surface area contributed by atoms with E-state index in [1.807, 2.05) is 48.3 Å². The maximum atomic E-state index is 12.3. The summed E-state index contributed by atoms with van der Waals surface area (Å²) in [5.41, 5.74) is 3.03. The minimum Gasteiger partial charge on any atom is -0.367 e. The Morgan fingerprint density at radius 2 is 1.88 bits per heavy atom. The van der Waals surface area contributed by atoms with Crippen LogP contribution in [0.25, 0.3) is 0 Å². The molecular formula is C19H27N5O. The average molecular weight is 341 g/mol. The van der Waals surface area contributed by atoms with Gasteiger partial charge in [0.25, 0.3) is 0 Å². The van der Waals surface area contributed by atoms with Gasteiger partial charge in [0.05, 0.1) is 11.4 Å². The Balaban J connectivity index is 1.59. The molecule has 0 radical (unpaired) electrons. The highest BCUT2D eigenvalue weighted by molar-refractivity contribution is 5.93. The number of aromatic nitrogens is 1. The number of hydrogen-bond donors (Lipinski definition) is 2. The van der Waals surface area contributed by atoms with Gasteiger partial charge in [-0.1, -0.05) is 19.1 Å². The lowest BCUT2D eigenvalue weighted by atomic mass is 10.2. The highest BCUT2D eigenvalue weighted by atomic mass is 16.2. The summed E-state index contributed by atoms with van der Waals surface area (Å²) < 4.78 is 1.97. The number of benzene rings is 1. The Hall–Kier alpha value is -2.47. The van der Waals surface area contributed by atoms with Crippen LogP contribution < -0.4 is 15.5 Å². The van der Waals surface area contributed by atoms with Gasteiger partial charge < -0.3 is 25.0 Å². The smallest absolute Gasteiger partial charge is 0.319 e. The quantitative estimate of drug-likeness (QED) is 0.878. The molecule has 134 valence electrons. The van der Waals surface area contributed by atoms with E-state index in [1.54, 1.807) is 0 Å². The molecule has 2 heterocycles. The van der Waals surface area contributed by atoms with Gasteiger partial charge in [0, 0.05) is 52.2 Å². The molecule has 2 amide bonds. The van der Waals surface area contributed by atoms with Crippen molar-refractivity contribution >= 4 is 17.4 Å². The molecule has 1 aromatic carbocycles. The number of hydrogen-bond acceptors (Lipinski definition) is 3. The number of urea groups is 1. The molecule has 0 unspecified atom stereocenters. The molecule has 3 rings (SSSR count). The standard InChI is InChI=1S/C19H27N5O/c1-3-23-10-12-24(13-11-23)18-7-5-4-6-17(18)21-19(25)20-14-16-8-9-22(2)15-16/h4-9,15H,3,10-14H2,1-2H3,(H2,20,21,25). The van der Waals surface area contributed by atoms with Crippen LogP contribution in [0.2, 0.25) is 0 Å². The van der Waals surface area contributed by atoms with Crippen LogP contribution in [0.5, 0.6) is 0 Å². The first kappa shape index (κ1) is 17.4. The molecule has 1 aliphatic rings. The Morgan fingerprint density at radius 1 is 1.12 bits per heavy atom. The number of carbonyl (C=O) groups is 1. The molecule has 0 bridgehead atoms. The number of nitrogens with one attached hydrogen (secondary N) is 2. The summed E-state index contributed by atoms with van der Waals surface area (Å²) in [6.07, 6.45) is 3.97. The largest absolute Gasteiger partial charge is 0.367 e. The lowest BCUT2D eigenvalue weighted by Crippen LogP contribution is -2.46. The average Bonchev–Trinajstić information content (AvgIpc) is 3.06. The predicted molar refractivity (Wildman–Crippen MR) is 102 cm³/mol. The van der Waals surface area contributed by atoms with E-state index >= 15 is 0 Å². The summed E-state index contributed by atoms with van der Waals surface area (Å²) in [5, 5.41) is 5.91. The molecule has 6 nitrogen and oxygen atoms in total. The van der Waals surface area contributed by atoms with Crippen LogP contribution in [-0.4, -0.2) is 48.2 Å². The number of amides is 2. The molecular weight excluding hydrogens is 314 g/mol. The molecule has 0 spiro atoms. The number of anilines is 2. The molecule has 1 saturated heterocycles.